The van der Waals surface area contributed by atoms with E-state index >= 15 is 0 Å². The lowest BCUT2D eigenvalue weighted by atomic mass is 10.4. The van der Waals surface area contributed by atoms with Gasteiger partial charge in [-0.2, -0.15) is 0 Å². The Hall–Kier alpha value is -1.09. The predicted octanol–water partition coefficient (Wildman–Crippen LogP) is 1.95. The average molecular weight is 182 g/mol. The van der Waals surface area contributed by atoms with Gasteiger partial charge in [0.1, 0.15) is 5.15 Å². The third-order valence-electron chi connectivity index (χ3n) is 1.80. The number of hydrogen-bond donors (Lipinski definition) is 0. The number of halogens is 1. The summed E-state index contributed by atoms with van der Waals surface area (Å²) < 4.78 is 1.95. The van der Waals surface area contributed by atoms with E-state index in [1.165, 1.54) is 0 Å². The number of aryl methyl sites for hydroxylation is 1. The quantitative estimate of drug-likeness (QED) is 0.673. The Kier molecular flexibility index (Phi) is 1.73. The summed E-state index contributed by atoms with van der Waals surface area (Å²) in [6.45, 7) is 2.08. The van der Waals surface area contributed by atoms with E-state index in [4.69, 9.17) is 11.6 Å². The maximum absolute atomic E-state index is 5.74. The smallest absolute Gasteiger partial charge is 0.155 e. The topological polar surface area (TPSA) is 30.2 Å². The molecule has 0 aromatic carbocycles. The first kappa shape index (κ1) is 7.55. The van der Waals surface area contributed by atoms with Crippen molar-refractivity contribution in [1.29, 1.82) is 0 Å². The minimum absolute atomic E-state index is 0.496. The van der Waals surface area contributed by atoms with Crippen molar-refractivity contribution in [2.75, 3.05) is 0 Å². The number of aromatic nitrogens is 3. The SMILES string of the molecule is CCc1cnc2cnc(Cl)cn12. The van der Waals surface area contributed by atoms with Gasteiger partial charge in [0.25, 0.3) is 0 Å². The van der Waals surface area contributed by atoms with E-state index in [1.807, 2.05) is 10.6 Å². The fraction of sp³-hybridized carbons (Fsp3) is 0.250. The summed E-state index contributed by atoms with van der Waals surface area (Å²) in [6, 6.07) is 0. The molecule has 2 aromatic rings. The molecular weight excluding hydrogens is 174 g/mol. The molecule has 0 spiro atoms. The van der Waals surface area contributed by atoms with Gasteiger partial charge in [-0.25, -0.2) is 9.97 Å². The zero-order valence-corrected chi connectivity index (χ0v) is 7.41. The predicted molar refractivity (Wildman–Crippen MR) is 47.4 cm³/mol. The van der Waals surface area contributed by atoms with Crippen LogP contribution in [0, 0.1) is 0 Å². The summed E-state index contributed by atoms with van der Waals surface area (Å²) >= 11 is 5.74. The van der Waals surface area contributed by atoms with Gasteiger partial charge in [-0.1, -0.05) is 18.5 Å². The number of imidazole rings is 1. The molecule has 0 amide bonds. The summed E-state index contributed by atoms with van der Waals surface area (Å²) in [7, 11) is 0. The van der Waals surface area contributed by atoms with Gasteiger partial charge in [-0.15, -0.1) is 0 Å². The largest absolute Gasteiger partial charge is 0.300 e. The molecule has 2 aromatic heterocycles. The minimum Gasteiger partial charge on any atom is -0.300 e. The molecule has 0 saturated carbocycles. The lowest BCUT2D eigenvalue weighted by Crippen LogP contribution is -1.91. The Morgan fingerprint density at radius 3 is 3.00 bits per heavy atom. The van der Waals surface area contributed by atoms with Crippen LogP contribution >= 0.6 is 11.6 Å². The maximum Gasteiger partial charge on any atom is 0.155 e. The highest BCUT2D eigenvalue weighted by molar-refractivity contribution is 6.29. The third-order valence-corrected chi connectivity index (χ3v) is 2.00. The lowest BCUT2D eigenvalue weighted by Gasteiger charge is -1.96. The van der Waals surface area contributed by atoms with E-state index in [1.54, 1.807) is 12.4 Å². The third kappa shape index (κ3) is 1.06. The first-order valence-corrected chi connectivity index (χ1v) is 4.16. The highest BCUT2D eigenvalue weighted by atomic mass is 35.5. The van der Waals surface area contributed by atoms with Gasteiger partial charge < -0.3 is 0 Å². The zero-order valence-electron chi connectivity index (χ0n) is 6.66. The van der Waals surface area contributed by atoms with Crippen LogP contribution in [0.4, 0.5) is 0 Å². The van der Waals surface area contributed by atoms with Crippen molar-refractivity contribution in [2.24, 2.45) is 0 Å². The van der Waals surface area contributed by atoms with Crippen molar-refractivity contribution in [3.05, 3.63) is 29.4 Å². The second kappa shape index (κ2) is 2.75. The molecule has 0 saturated heterocycles. The molecule has 4 heteroatoms. The van der Waals surface area contributed by atoms with Crippen LogP contribution in [0.1, 0.15) is 12.6 Å². The number of nitrogens with zero attached hydrogens (tertiary/aromatic N) is 3. The molecule has 3 nitrogen and oxygen atoms in total. The molecular formula is C8H8ClN3. The van der Waals surface area contributed by atoms with Gasteiger partial charge in [0.15, 0.2) is 5.65 Å². The summed E-state index contributed by atoms with van der Waals surface area (Å²) in [6.07, 6.45) is 6.24. The van der Waals surface area contributed by atoms with Crippen LogP contribution in [0.15, 0.2) is 18.6 Å². The number of rotatable bonds is 1. The van der Waals surface area contributed by atoms with Crippen molar-refractivity contribution < 1.29 is 0 Å². The van der Waals surface area contributed by atoms with Crippen LogP contribution in [0.3, 0.4) is 0 Å². The standard InChI is InChI=1S/C8H8ClN3/c1-2-6-3-11-8-4-10-7(9)5-12(6)8/h3-5H,2H2,1H3. The van der Waals surface area contributed by atoms with Crippen LogP contribution in [0.5, 0.6) is 0 Å². The average Bonchev–Trinajstić information content (AvgIpc) is 2.46. The Labute approximate surface area is 75.0 Å². The Morgan fingerprint density at radius 1 is 1.42 bits per heavy atom. The van der Waals surface area contributed by atoms with Crippen molar-refractivity contribution in [2.45, 2.75) is 13.3 Å². The van der Waals surface area contributed by atoms with E-state index in [-0.39, 0.29) is 0 Å². The van der Waals surface area contributed by atoms with Crippen molar-refractivity contribution in [3.63, 3.8) is 0 Å². The molecule has 62 valence electrons. The van der Waals surface area contributed by atoms with Crippen molar-refractivity contribution in [3.8, 4) is 0 Å². The first-order valence-electron chi connectivity index (χ1n) is 3.78. The van der Waals surface area contributed by atoms with Gasteiger partial charge in [0, 0.05) is 18.1 Å². The molecule has 0 aliphatic heterocycles. The van der Waals surface area contributed by atoms with Gasteiger partial charge >= 0.3 is 0 Å². The van der Waals surface area contributed by atoms with Crippen molar-refractivity contribution in [1.82, 2.24) is 14.4 Å². The summed E-state index contributed by atoms with van der Waals surface area (Å²) in [5, 5.41) is 0.496. The molecule has 0 atom stereocenters. The summed E-state index contributed by atoms with van der Waals surface area (Å²) in [4.78, 5) is 8.11. The first-order chi connectivity index (χ1) is 5.81. The Bertz CT molecular complexity index is 408. The van der Waals surface area contributed by atoms with E-state index in [9.17, 15) is 0 Å². The second-order valence-electron chi connectivity index (χ2n) is 2.54. The number of hydrogen-bond acceptors (Lipinski definition) is 2. The van der Waals surface area contributed by atoms with E-state index in [2.05, 4.69) is 16.9 Å². The van der Waals surface area contributed by atoms with Crippen LogP contribution in [0.25, 0.3) is 5.65 Å². The molecule has 0 N–H and O–H groups in total. The van der Waals surface area contributed by atoms with Gasteiger partial charge in [0.05, 0.1) is 6.20 Å². The molecule has 0 bridgehead atoms. The Morgan fingerprint density at radius 2 is 2.25 bits per heavy atom. The minimum atomic E-state index is 0.496. The van der Waals surface area contributed by atoms with Crippen LogP contribution in [-0.4, -0.2) is 14.4 Å². The van der Waals surface area contributed by atoms with E-state index < -0.39 is 0 Å². The molecule has 2 heterocycles. The van der Waals surface area contributed by atoms with Gasteiger partial charge in [-0.05, 0) is 6.42 Å². The van der Waals surface area contributed by atoms with Gasteiger partial charge in [0.2, 0.25) is 0 Å². The van der Waals surface area contributed by atoms with E-state index in [0.717, 1.165) is 17.8 Å². The Balaban J connectivity index is 2.75. The second-order valence-corrected chi connectivity index (χ2v) is 2.93. The van der Waals surface area contributed by atoms with Gasteiger partial charge in [-0.3, -0.25) is 4.40 Å². The zero-order chi connectivity index (χ0) is 8.55. The molecule has 0 aliphatic rings. The molecule has 2 rings (SSSR count). The fourth-order valence-electron chi connectivity index (χ4n) is 1.18. The van der Waals surface area contributed by atoms with E-state index in [0.29, 0.717) is 5.15 Å². The lowest BCUT2D eigenvalue weighted by molar-refractivity contribution is 0.983. The van der Waals surface area contributed by atoms with Crippen LogP contribution in [-0.2, 0) is 6.42 Å². The summed E-state index contributed by atoms with van der Waals surface area (Å²) in [5.74, 6) is 0. The molecule has 0 unspecified atom stereocenters. The summed E-state index contributed by atoms with van der Waals surface area (Å²) in [5.41, 5.74) is 1.99. The molecule has 0 radical (unpaired) electrons. The molecule has 0 aliphatic carbocycles. The number of fused-ring (bicyclic) bond motifs is 1. The molecule has 12 heavy (non-hydrogen) atoms. The highest BCUT2D eigenvalue weighted by Gasteiger charge is 2.00. The maximum atomic E-state index is 5.74. The van der Waals surface area contributed by atoms with Crippen LogP contribution in [0.2, 0.25) is 5.15 Å². The van der Waals surface area contributed by atoms with Crippen LogP contribution < -0.4 is 0 Å². The molecule has 0 fully saturated rings. The fourth-order valence-corrected chi connectivity index (χ4v) is 1.32. The monoisotopic (exact) mass is 181 g/mol. The normalized spacial score (nSPS) is 10.8. The van der Waals surface area contributed by atoms with Crippen molar-refractivity contribution >= 4 is 17.2 Å². The highest BCUT2D eigenvalue weighted by Crippen LogP contribution is 2.09.